The van der Waals surface area contributed by atoms with Gasteiger partial charge < -0.3 is 0 Å². The first-order chi connectivity index (χ1) is 45.2. The van der Waals surface area contributed by atoms with Crippen LogP contribution in [0, 0.1) is 0 Å². The van der Waals surface area contributed by atoms with E-state index < -0.39 is 0 Å². The number of para-hydroxylation sites is 2. The number of rotatable bonds is 8. The van der Waals surface area contributed by atoms with Crippen molar-refractivity contribution in [2.45, 2.75) is 38.5 Å². The number of nitrogens with zero attached hydrogens (tertiary/aromatic N) is 8. The largest absolute Gasteiger partial charge is 0.293 e. The van der Waals surface area contributed by atoms with Gasteiger partial charge in [-0.05, 0) is 92.5 Å². The van der Waals surface area contributed by atoms with Gasteiger partial charge in [0.05, 0.1) is 44.8 Å². The van der Waals surface area contributed by atoms with Gasteiger partial charge in [0.25, 0.3) is 0 Å². The third-order valence-corrected chi connectivity index (χ3v) is 18.9. The average molecular weight is 1180 g/mol. The molecule has 0 spiro atoms. The van der Waals surface area contributed by atoms with Crippen LogP contribution in [-0.2, 0) is 10.8 Å². The summed E-state index contributed by atoms with van der Waals surface area (Å²) in [5.74, 6) is 2.22. The lowest BCUT2D eigenvalue weighted by atomic mass is 9.81. The summed E-state index contributed by atoms with van der Waals surface area (Å²) in [5, 5.41) is 4.90. The van der Waals surface area contributed by atoms with Crippen molar-refractivity contribution in [3.05, 3.63) is 314 Å². The van der Waals surface area contributed by atoms with Crippen molar-refractivity contribution >= 4 is 43.6 Å². The van der Waals surface area contributed by atoms with E-state index in [-0.39, 0.29) is 10.8 Å². The predicted octanol–water partition coefficient (Wildman–Crippen LogP) is 20.6. The maximum atomic E-state index is 5.17. The number of hydrogen-bond donors (Lipinski definition) is 0. The Balaban J connectivity index is 0.000000141. The van der Waals surface area contributed by atoms with Gasteiger partial charge in [0.2, 0.25) is 5.95 Å². The average Bonchev–Trinajstić information content (AvgIpc) is 1.55. The molecule has 6 aromatic heterocycles. The topological polar surface area (TPSA) is 87.2 Å². The lowest BCUT2D eigenvalue weighted by Crippen LogP contribution is -2.17. The van der Waals surface area contributed by atoms with Gasteiger partial charge in [-0.25, -0.2) is 29.9 Å². The van der Waals surface area contributed by atoms with E-state index in [0.29, 0.717) is 11.8 Å². The Kier molecular flexibility index (Phi) is 12.7. The van der Waals surface area contributed by atoms with Crippen molar-refractivity contribution in [3.8, 4) is 102 Å². The molecular weight excluding hydrogens is 1120 g/mol. The SMILES string of the molecule is CC1(C)c2ccccc2-c2ccc3c4ccccc4n(-c4ccc(-c5cc(-c6ccccc6)nc(-c6ccccc6)c5)cn4)c3c21.CC1(C)c2ccccc2-c2ccc3c4ccccc4n(-c4ncc(-c5cc(-c6ccccc6)nc(-c6ccccc6)n5)cn4)c3c21. The summed E-state index contributed by atoms with van der Waals surface area (Å²) >= 11 is 0. The predicted molar refractivity (Wildman–Crippen MR) is 376 cm³/mol. The Morgan fingerprint density at radius 3 is 1.20 bits per heavy atom. The smallest absolute Gasteiger partial charge is 0.234 e. The number of benzene rings is 10. The fourth-order valence-corrected chi connectivity index (χ4v) is 14.6. The second-order valence-corrected chi connectivity index (χ2v) is 25.0. The number of pyridine rings is 2. The second-order valence-electron chi connectivity index (χ2n) is 25.0. The van der Waals surface area contributed by atoms with E-state index in [4.69, 9.17) is 29.9 Å². The molecule has 0 atom stereocenters. The molecule has 0 N–H and O–H groups in total. The van der Waals surface area contributed by atoms with Crippen LogP contribution in [-0.4, -0.2) is 39.0 Å². The highest BCUT2D eigenvalue weighted by atomic mass is 15.2. The molecule has 10 aromatic carbocycles. The zero-order valence-electron chi connectivity index (χ0n) is 51.3. The Bertz CT molecular complexity index is 5080. The van der Waals surface area contributed by atoms with E-state index in [9.17, 15) is 0 Å². The molecule has 2 aliphatic rings. The van der Waals surface area contributed by atoms with Gasteiger partial charge in [-0.2, -0.15) is 0 Å². The fourth-order valence-electron chi connectivity index (χ4n) is 14.6. The summed E-state index contributed by atoms with van der Waals surface area (Å²) in [4.78, 5) is 30.2. The first kappa shape index (κ1) is 54.4. The zero-order chi connectivity index (χ0) is 61.7. The molecule has 2 aliphatic carbocycles. The number of aromatic nitrogens is 8. The van der Waals surface area contributed by atoms with E-state index in [1.807, 2.05) is 85.3 Å². The molecule has 0 amide bonds. The summed E-state index contributed by atoms with van der Waals surface area (Å²) in [6, 6.07) is 95.8. The Labute approximate surface area is 533 Å². The lowest BCUT2D eigenvalue weighted by Gasteiger charge is -2.23. The van der Waals surface area contributed by atoms with Crippen molar-refractivity contribution in [3.63, 3.8) is 0 Å². The summed E-state index contributed by atoms with van der Waals surface area (Å²) in [7, 11) is 0. The van der Waals surface area contributed by atoms with E-state index in [1.165, 1.54) is 77.1 Å². The molecule has 0 bridgehead atoms. The standard InChI is InChI=1S/C43H31N3.C41H29N5/c1-43(2)36-19-11-9-17-32(36)34-22-23-35-33-18-10-12-20-39(33)46(42(35)41(34)43)40-24-21-30(27-44-40)31-25-37(28-13-5-3-6-14-28)45-38(26-31)29-15-7-4-8-16-29;1-41(2)33-19-11-9-17-29(33)31-21-22-32-30-18-10-12-20-36(30)46(38(32)37(31)41)40-42-24-28(25-43-40)35-23-34(26-13-5-3-6-14-26)44-39(45-35)27-15-7-4-8-16-27/h3-27H,1-2H3;3-25H,1-2H3. The maximum Gasteiger partial charge on any atom is 0.234 e. The highest BCUT2D eigenvalue weighted by Gasteiger charge is 2.40. The summed E-state index contributed by atoms with van der Waals surface area (Å²) in [6.45, 7) is 9.36. The maximum absolute atomic E-state index is 5.17. The van der Waals surface area contributed by atoms with Crippen LogP contribution in [0.15, 0.2) is 292 Å². The first-order valence-corrected chi connectivity index (χ1v) is 31.4. The normalized spacial score (nSPS) is 13.2. The van der Waals surface area contributed by atoms with Crippen LogP contribution in [0.1, 0.15) is 49.9 Å². The molecule has 0 radical (unpaired) electrons. The van der Waals surface area contributed by atoms with Crippen LogP contribution in [0.5, 0.6) is 0 Å². The van der Waals surface area contributed by atoms with Gasteiger partial charge in [0.1, 0.15) is 5.82 Å². The van der Waals surface area contributed by atoms with Gasteiger partial charge >= 0.3 is 0 Å². The highest BCUT2D eigenvalue weighted by molar-refractivity contribution is 6.14. The lowest BCUT2D eigenvalue weighted by molar-refractivity contribution is 0.663. The van der Waals surface area contributed by atoms with E-state index in [2.05, 4.69) is 243 Å². The van der Waals surface area contributed by atoms with Gasteiger partial charge in [-0.3, -0.25) is 9.13 Å². The van der Waals surface area contributed by atoms with E-state index in [1.54, 1.807) is 0 Å². The van der Waals surface area contributed by atoms with Crippen molar-refractivity contribution in [2.75, 3.05) is 0 Å². The first-order valence-electron chi connectivity index (χ1n) is 31.4. The number of fused-ring (bicyclic) bond motifs is 14. The minimum absolute atomic E-state index is 0.143. The van der Waals surface area contributed by atoms with Crippen LogP contribution in [0.4, 0.5) is 0 Å². The third kappa shape index (κ3) is 8.81. The summed E-state index contributed by atoms with van der Waals surface area (Å²) in [5.41, 5.74) is 25.6. The van der Waals surface area contributed by atoms with Crippen LogP contribution in [0.25, 0.3) is 145 Å². The van der Waals surface area contributed by atoms with Crippen LogP contribution < -0.4 is 0 Å². The fraction of sp³-hybridized carbons (Fsp3) is 0.0714. The highest BCUT2D eigenvalue weighted by Crippen LogP contribution is 2.55. The molecule has 92 heavy (non-hydrogen) atoms. The van der Waals surface area contributed by atoms with Crippen molar-refractivity contribution in [1.82, 2.24) is 39.0 Å². The molecule has 6 heterocycles. The van der Waals surface area contributed by atoms with E-state index in [0.717, 1.165) is 78.6 Å². The van der Waals surface area contributed by atoms with Crippen LogP contribution in [0.3, 0.4) is 0 Å². The molecule has 0 unspecified atom stereocenters. The minimum atomic E-state index is -0.180. The molecule has 0 fully saturated rings. The van der Waals surface area contributed by atoms with Gasteiger partial charge in [0, 0.05) is 84.3 Å². The summed E-state index contributed by atoms with van der Waals surface area (Å²) in [6.07, 6.45) is 5.79. The van der Waals surface area contributed by atoms with Crippen molar-refractivity contribution in [1.29, 1.82) is 0 Å². The van der Waals surface area contributed by atoms with Gasteiger partial charge in [-0.15, -0.1) is 0 Å². The van der Waals surface area contributed by atoms with Gasteiger partial charge in [0.15, 0.2) is 5.82 Å². The molecule has 0 saturated heterocycles. The Morgan fingerprint density at radius 2 is 0.696 bits per heavy atom. The minimum Gasteiger partial charge on any atom is -0.293 e. The monoisotopic (exact) mass is 1180 g/mol. The van der Waals surface area contributed by atoms with Crippen LogP contribution in [0.2, 0.25) is 0 Å². The quantitative estimate of drug-likeness (QED) is 0.151. The number of hydrogen-bond acceptors (Lipinski definition) is 6. The van der Waals surface area contributed by atoms with Gasteiger partial charge in [-0.1, -0.05) is 258 Å². The molecule has 8 nitrogen and oxygen atoms in total. The van der Waals surface area contributed by atoms with E-state index >= 15 is 0 Å². The molecular formula is C84H60N8. The molecule has 16 aromatic rings. The molecule has 436 valence electrons. The van der Waals surface area contributed by atoms with Crippen molar-refractivity contribution in [2.24, 2.45) is 0 Å². The zero-order valence-corrected chi connectivity index (χ0v) is 51.3. The second kappa shape index (κ2) is 21.5. The van der Waals surface area contributed by atoms with Crippen molar-refractivity contribution < 1.29 is 0 Å². The Morgan fingerprint density at radius 1 is 0.283 bits per heavy atom. The molecule has 0 aliphatic heterocycles. The molecule has 18 rings (SSSR count). The molecule has 8 heteroatoms. The van der Waals surface area contributed by atoms with Crippen LogP contribution >= 0.6 is 0 Å². The third-order valence-electron chi connectivity index (χ3n) is 18.9. The molecule has 0 saturated carbocycles. The Hall–Kier alpha value is -11.7. The summed E-state index contributed by atoms with van der Waals surface area (Å²) < 4.78 is 4.62.